The maximum atomic E-state index is 12.0. The smallest absolute Gasteiger partial charge is 0.277 e. The number of amides is 1. The number of aromatic nitrogens is 2. The molecule has 1 atom stereocenters. The predicted octanol–water partition coefficient (Wildman–Crippen LogP) is 3.97. The van der Waals surface area contributed by atoms with Gasteiger partial charge in [0.2, 0.25) is 12.0 Å². The van der Waals surface area contributed by atoms with E-state index in [4.69, 9.17) is 25.5 Å². The van der Waals surface area contributed by atoms with E-state index >= 15 is 0 Å². The molecule has 0 saturated heterocycles. The number of fused-ring (bicyclic) bond motifs is 1. The number of para-hydroxylation sites is 2. The lowest BCUT2D eigenvalue weighted by molar-refractivity contribution is -0.113. The Morgan fingerprint density at radius 1 is 1.15 bits per heavy atom. The van der Waals surface area contributed by atoms with E-state index in [0.29, 0.717) is 33.3 Å². The van der Waals surface area contributed by atoms with Gasteiger partial charge in [0.05, 0.1) is 5.75 Å². The van der Waals surface area contributed by atoms with Crippen LogP contribution in [0.2, 0.25) is 5.02 Å². The number of nitrogens with one attached hydrogen (secondary N) is 1. The number of carbonyl (C=O) groups excluding carboxylic acids is 1. The van der Waals surface area contributed by atoms with Crippen LogP contribution in [-0.2, 0) is 4.79 Å². The molecule has 7 nitrogen and oxygen atoms in total. The lowest BCUT2D eigenvalue weighted by Crippen LogP contribution is -2.21. The van der Waals surface area contributed by atoms with E-state index in [1.54, 1.807) is 24.3 Å². The largest absolute Gasteiger partial charge is 0.485 e. The summed E-state index contributed by atoms with van der Waals surface area (Å²) in [6.07, 6.45) is -0.482. The van der Waals surface area contributed by atoms with Crippen molar-refractivity contribution in [3.05, 3.63) is 59.4 Å². The molecule has 0 unspecified atom stereocenters. The first kappa shape index (κ1) is 17.7. The number of ether oxygens (including phenoxy) is 2. The highest BCUT2D eigenvalue weighted by Gasteiger charge is 2.27. The van der Waals surface area contributed by atoms with E-state index in [-0.39, 0.29) is 18.3 Å². The summed E-state index contributed by atoms with van der Waals surface area (Å²) in [7, 11) is 0. The highest BCUT2D eigenvalue weighted by molar-refractivity contribution is 7.99. The summed E-state index contributed by atoms with van der Waals surface area (Å²) in [4.78, 5) is 12.0. The van der Waals surface area contributed by atoms with Gasteiger partial charge in [-0.15, -0.1) is 10.2 Å². The molecule has 138 valence electrons. The van der Waals surface area contributed by atoms with E-state index in [0.717, 1.165) is 11.8 Å². The molecule has 0 saturated carbocycles. The first-order valence-corrected chi connectivity index (χ1v) is 9.44. The minimum atomic E-state index is -0.482. The second-order valence-electron chi connectivity index (χ2n) is 5.61. The van der Waals surface area contributed by atoms with Gasteiger partial charge in [0.1, 0.15) is 6.61 Å². The van der Waals surface area contributed by atoms with E-state index in [2.05, 4.69) is 15.5 Å². The summed E-state index contributed by atoms with van der Waals surface area (Å²) >= 11 is 6.97. The molecule has 0 fully saturated rings. The number of anilines is 1. The molecule has 9 heteroatoms. The summed E-state index contributed by atoms with van der Waals surface area (Å²) in [5, 5.41) is 11.6. The maximum Gasteiger partial charge on any atom is 0.277 e. The Balaban J connectivity index is 1.32. The maximum absolute atomic E-state index is 12.0. The van der Waals surface area contributed by atoms with Gasteiger partial charge in [-0.3, -0.25) is 4.79 Å². The van der Waals surface area contributed by atoms with Gasteiger partial charge in [0, 0.05) is 10.7 Å². The molecular weight excluding hydrogens is 390 g/mol. The third-order valence-corrected chi connectivity index (χ3v) is 4.73. The number of nitrogens with zero attached hydrogens (tertiary/aromatic N) is 2. The summed E-state index contributed by atoms with van der Waals surface area (Å²) in [6, 6.07) is 14.3. The lowest BCUT2D eigenvalue weighted by Gasteiger charge is -2.23. The standard InChI is InChI=1S/C18H14ClN3O4S/c19-11-5-7-12(8-6-11)20-16(23)10-27-18-22-21-17(26-18)15-9-24-13-3-1-2-4-14(13)25-15/h1-8,15H,9-10H2,(H,20,23)/t15-/m1/s1. The van der Waals surface area contributed by atoms with Crippen LogP contribution in [0.1, 0.15) is 12.0 Å². The first-order chi connectivity index (χ1) is 13.2. The fourth-order valence-electron chi connectivity index (χ4n) is 2.41. The van der Waals surface area contributed by atoms with Crippen LogP contribution in [-0.4, -0.2) is 28.5 Å². The number of halogens is 1. The van der Waals surface area contributed by atoms with Gasteiger partial charge in [-0.1, -0.05) is 35.5 Å². The highest BCUT2D eigenvalue weighted by atomic mass is 35.5. The van der Waals surface area contributed by atoms with Gasteiger partial charge in [-0.25, -0.2) is 0 Å². The van der Waals surface area contributed by atoms with Crippen LogP contribution >= 0.6 is 23.4 Å². The molecule has 1 aliphatic heterocycles. The average molecular weight is 404 g/mol. The van der Waals surface area contributed by atoms with Crippen molar-refractivity contribution in [2.45, 2.75) is 11.3 Å². The quantitative estimate of drug-likeness (QED) is 0.645. The van der Waals surface area contributed by atoms with Crippen molar-refractivity contribution in [2.24, 2.45) is 0 Å². The topological polar surface area (TPSA) is 86.5 Å². The molecule has 27 heavy (non-hydrogen) atoms. The number of rotatable bonds is 5. The summed E-state index contributed by atoms with van der Waals surface area (Å²) in [5.41, 5.74) is 0.669. The molecule has 2 aromatic carbocycles. The normalized spacial score (nSPS) is 15.4. The molecule has 1 aromatic heterocycles. The molecule has 0 spiro atoms. The minimum Gasteiger partial charge on any atom is -0.485 e. The fraction of sp³-hybridized carbons (Fsp3) is 0.167. The van der Waals surface area contributed by atoms with Crippen molar-refractivity contribution in [3.8, 4) is 11.5 Å². The monoisotopic (exact) mass is 403 g/mol. The Kier molecular flexibility index (Phi) is 5.17. The molecule has 0 bridgehead atoms. The summed E-state index contributed by atoms with van der Waals surface area (Å²) in [5.74, 6) is 1.57. The van der Waals surface area contributed by atoms with Crippen molar-refractivity contribution in [3.63, 3.8) is 0 Å². The SMILES string of the molecule is O=C(CSc1nnc([C@H]2COc3ccccc3O2)o1)Nc1ccc(Cl)cc1. The van der Waals surface area contributed by atoms with Gasteiger partial charge in [0.15, 0.2) is 11.5 Å². The zero-order valence-electron chi connectivity index (χ0n) is 13.9. The first-order valence-electron chi connectivity index (χ1n) is 8.07. The molecule has 2 heterocycles. The number of hydrogen-bond donors (Lipinski definition) is 1. The fourth-order valence-corrected chi connectivity index (χ4v) is 3.10. The molecule has 1 aliphatic rings. The van der Waals surface area contributed by atoms with Crippen molar-refractivity contribution in [1.82, 2.24) is 10.2 Å². The van der Waals surface area contributed by atoms with Crippen LogP contribution in [0.5, 0.6) is 11.5 Å². The van der Waals surface area contributed by atoms with Crippen LogP contribution in [0, 0.1) is 0 Å². The molecule has 1 amide bonds. The van der Waals surface area contributed by atoms with Gasteiger partial charge < -0.3 is 19.2 Å². The highest BCUT2D eigenvalue weighted by Crippen LogP contribution is 2.35. The van der Waals surface area contributed by atoms with Crippen molar-refractivity contribution in [1.29, 1.82) is 0 Å². The van der Waals surface area contributed by atoms with Crippen molar-refractivity contribution in [2.75, 3.05) is 17.7 Å². The van der Waals surface area contributed by atoms with Crippen LogP contribution in [0.3, 0.4) is 0 Å². The predicted molar refractivity (Wildman–Crippen MR) is 100 cm³/mol. The Morgan fingerprint density at radius 3 is 2.74 bits per heavy atom. The van der Waals surface area contributed by atoms with Gasteiger partial charge in [0.25, 0.3) is 11.1 Å². The second-order valence-corrected chi connectivity index (χ2v) is 6.98. The lowest BCUT2D eigenvalue weighted by atomic mass is 10.2. The molecule has 1 N–H and O–H groups in total. The molecular formula is C18H14ClN3O4S. The van der Waals surface area contributed by atoms with E-state index in [1.807, 2.05) is 24.3 Å². The number of thioether (sulfide) groups is 1. The minimum absolute atomic E-state index is 0.134. The molecule has 3 aromatic rings. The third kappa shape index (κ3) is 4.35. The van der Waals surface area contributed by atoms with Crippen molar-refractivity contribution >= 4 is 35.0 Å². The number of carbonyl (C=O) groups is 1. The van der Waals surface area contributed by atoms with Gasteiger partial charge in [-0.05, 0) is 36.4 Å². The van der Waals surface area contributed by atoms with E-state index in [9.17, 15) is 4.79 Å². The third-order valence-electron chi connectivity index (χ3n) is 3.66. The van der Waals surface area contributed by atoms with Crippen LogP contribution in [0.4, 0.5) is 5.69 Å². The van der Waals surface area contributed by atoms with Gasteiger partial charge in [-0.2, -0.15) is 0 Å². The van der Waals surface area contributed by atoms with Crippen LogP contribution < -0.4 is 14.8 Å². The number of hydrogen-bond acceptors (Lipinski definition) is 7. The Morgan fingerprint density at radius 2 is 1.93 bits per heavy atom. The Bertz CT molecular complexity index is 948. The summed E-state index contributed by atoms with van der Waals surface area (Å²) in [6.45, 7) is 0.278. The van der Waals surface area contributed by atoms with Crippen molar-refractivity contribution < 1.29 is 18.7 Å². The molecule has 4 rings (SSSR count). The zero-order chi connectivity index (χ0) is 18.6. The molecule has 0 radical (unpaired) electrons. The van der Waals surface area contributed by atoms with E-state index in [1.165, 1.54) is 0 Å². The Labute approximate surface area is 164 Å². The number of benzene rings is 2. The zero-order valence-corrected chi connectivity index (χ0v) is 15.5. The van der Waals surface area contributed by atoms with Gasteiger partial charge >= 0.3 is 0 Å². The second kappa shape index (κ2) is 7.89. The summed E-state index contributed by atoms with van der Waals surface area (Å²) < 4.78 is 17.1. The Hall–Kier alpha value is -2.71. The average Bonchev–Trinajstić information content (AvgIpc) is 3.17. The van der Waals surface area contributed by atoms with Crippen LogP contribution in [0.25, 0.3) is 0 Å². The van der Waals surface area contributed by atoms with E-state index < -0.39 is 6.10 Å². The van der Waals surface area contributed by atoms with Crippen LogP contribution in [0.15, 0.2) is 58.2 Å². The molecule has 0 aliphatic carbocycles.